The molecule has 1 aromatic carbocycles. The molecule has 0 saturated heterocycles. The second-order valence-electron chi connectivity index (χ2n) is 8.09. The van der Waals surface area contributed by atoms with Crippen molar-refractivity contribution in [2.45, 2.75) is 51.9 Å². The molecule has 30 heavy (non-hydrogen) atoms. The van der Waals surface area contributed by atoms with Crippen molar-refractivity contribution in [2.75, 3.05) is 13.1 Å². The van der Waals surface area contributed by atoms with E-state index >= 15 is 0 Å². The van der Waals surface area contributed by atoms with Crippen LogP contribution < -0.4 is 0 Å². The highest BCUT2D eigenvalue weighted by molar-refractivity contribution is 7.10. The lowest BCUT2D eigenvalue weighted by molar-refractivity contribution is -0.132. The predicted octanol–water partition coefficient (Wildman–Crippen LogP) is 2.66. The molecule has 0 aliphatic carbocycles. The molecule has 0 saturated carbocycles. The first-order valence-corrected chi connectivity index (χ1v) is 11.5. The SMILES string of the molecule is O=C(CCCn1nnnc1CN1CCc2ccccc2C1)N1CCc2sccc2C1. The topological polar surface area (TPSA) is 67.2 Å². The maximum absolute atomic E-state index is 12.6. The first-order valence-electron chi connectivity index (χ1n) is 10.6. The number of carbonyl (C=O) groups is 1. The number of tetrazole rings is 1. The highest BCUT2D eigenvalue weighted by Crippen LogP contribution is 2.24. The maximum Gasteiger partial charge on any atom is 0.222 e. The molecule has 0 radical (unpaired) electrons. The molecule has 0 N–H and O–H groups in total. The third-order valence-electron chi connectivity index (χ3n) is 6.10. The van der Waals surface area contributed by atoms with Gasteiger partial charge in [0.15, 0.2) is 5.82 Å². The molecule has 0 spiro atoms. The number of benzene rings is 1. The van der Waals surface area contributed by atoms with Gasteiger partial charge in [0.25, 0.3) is 0 Å². The van der Waals surface area contributed by atoms with Crippen LogP contribution in [0.2, 0.25) is 0 Å². The number of nitrogens with zero attached hydrogens (tertiary/aromatic N) is 6. The third kappa shape index (κ3) is 4.15. The van der Waals surface area contributed by atoms with Crippen molar-refractivity contribution in [2.24, 2.45) is 0 Å². The van der Waals surface area contributed by atoms with Crippen molar-refractivity contribution in [1.29, 1.82) is 0 Å². The van der Waals surface area contributed by atoms with E-state index in [0.717, 1.165) is 57.8 Å². The Morgan fingerprint density at radius 3 is 2.87 bits per heavy atom. The van der Waals surface area contributed by atoms with E-state index < -0.39 is 0 Å². The largest absolute Gasteiger partial charge is 0.338 e. The highest BCUT2D eigenvalue weighted by Gasteiger charge is 2.22. The molecule has 5 rings (SSSR count). The van der Waals surface area contributed by atoms with Crippen LogP contribution in [0.4, 0.5) is 0 Å². The van der Waals surface area contributed by atoms with Gasteiger partial charge in [-0.3, -0.25) is 9.69 Å². The minimum Gasteiger partial charge on any atom is -0.338 e. The molecule has 0 bridgehead atoms. The number of hydrogen-bond acceptors (Lipinski definition) is 6. The number of aryl methyl sites for hydroxylation is 1. The summed E-state index contributed by atoms with van der Waals surface area (Å²) in [5.41, 5.74) is 4.15. The van der Waals surface area contributed by atoms with Crippen LogP contribution in [0.1, 0.15) is 40.2 Å². The summed E-state index contributed by atoms with van der Waals surface area (Å²) < 4.78 is 1.86. The van der Waals surface area contributed by atoms with Crippen molar-refractivity contribution in [3.63, 3.8) is 0 Å². The average Bonchev–Trinajstić information content (AvgIpc) is 3.42. The molecule has 0 fully saturated rings. The monoisotopic (exact) mass is 422 g/mol. The van der Waals surface area contributed by atoms with Gasteiger partial charge >= 0.3 is 0 Å². The Hall–Kier alpha value is -2.58. The van der Waals surface area contributed by atoms with E-state index in [1.165, 1.54) is 21.6 Å². The van der Waals surface area contributed by atoms with Crippen molar-refractivity contribution < 1.29 is 4.79 Å². The zero-order valence-electron chi connectivity index (χ0n) is 17.0. The van der Waals surface area contributed by atoms with Gasteiger partial charge in [-0.15, -0.1) is 16.4 Å². The number of carbonyl (C=O) groups excluding carboxylic acids is 1. The number of aromatic nitrogens is 4. The molecule has 156 valence electrons. The van der Waals surface area contributed by atoms with Gasteiger partial charge in [-0.2, -0.15) is 0 Å². The Kier molecular flexibility index (Phi) is 5.59. The van der Waals surface area contributed by atoms with Gasteiger partial charge < -0.3 is 4.90 Å². The number of thiophene rings is 1. The van der Waals surface area contributed by atoms with Crippen LogP contribution in [0.15, 0.2) is 35.7 Å². The van der Waals surface area contributed by atoms with Gasteiger partial charge in [0.1, 0.15) is 0 Å². The Morgan fingerprint density at radius 1 is 1.03 bits per heavy atom. The highest BCUT2D eigenvalue weighted by atomic mass is 32.1. The summed E-state index contributed by atoms with van der Waals surface area (Å²) in [6.07, 6.45) is 3.34. The zero-order chi connectivity index (χ0) is 20.3. The molecular weight excluding hydrogens is 396 g/mol. The van der Waals surface area contributed by atoms with Crippen molar-refractivity contribution >= 4 is 17.2 Å². The van der Waals surface area contributed by atoms with E-state index in [0.29, 0.717) is 13.0 Å². The fraction of sp³-hybridized carbons (Fsp3) is 0.455. The van der Waals surface area contributed by atoms with Gasteiger partial charge in [-0.05, 0) is 57.8 Å². The predicted molar refractivity (Wildman–Crippen MR) is 115 cm³/mol. The lowest BCUT2D eigenvalue weighted by Crippen LogP contribution is -2.35. The van der Waals surface area contributed by atoms with Crippen LogP contribution in [0, 0.1) is 0 Å². The van der Waals surface area contributed by atoms with Gasteiger partial charge in [-0.1, -0.05) is 24.3 Å². The Balaban J connectivity index is 1.12. The fourth-order valence-electron chi connectivity index (χ4n) is 4.40. The molecule has 0 unspecified atom stereocenters. The number of hydrogen-bond donors (Lipinski definition) is 0. The van der Waals surface area contributed by atoms with Crippen LogP contribution in [0.25, 0.3) is 0 Å². The second-order valence-corrected chi connectivity index (χ2v) is 9.09. The summed E-state index contributed by atoms with van der Waals surface area (Å²) in [5.74, 6) is 1.11. The average molecular weight is 423 g/mol. The van der Waals surface area contributed by atoms with E-state index in [-0.39, 0.29) is 5.91 Å². The summed E-state index contributed by atoms with van der Waals surface area (Å²) in [4.78, 5) is 18.4. The Morgan fingerprint density at radius 2 is 1.93 bits per heavy atom. The van der Waals surface area contributed by atoms with Crippen LogP contribution in [0.3, 0.4) is 0 Å². The normalized spacial score (nSPS) is 16.3. The lowest BCUT2D eigenvalue weighted by Gasteiger charge is -2.28. The second kappa shape index (κ2) is 8.65. The van der Waals surface area contributed by atoms with Gasteiger partial charge in [0.05, 0.1) is 6.54 Å². The summed E-state index contributed by atoms with van der Waals surface area (Å²) in [6.45, 7) is 4.95. The van der Waals surface area contributed by atoms with Crippen molar-refractivity contribution in [1.82, 2.24) is 30.0 Å². The zero-order valence-corrected chi connectivity index (χ0v) is 17.9. The summed E-state index contributed by atoms with van der Waals surface area (Å²) in [6, 6.07) is 10.8. The quantitative estimate of drug-likeness (QED) is 0.611. The molecule has 2 aliphatic heterocycles. The molecular formula is C22H26N6OS. The molecule has 2 aliphatic rings. The van der Waals surface area contributed by atoms with Gasteiger partial charge in [-0.25, -0.2) is 4.68 Å². The van der Waals surface area contributed by atoms with E-state index in [9.17, 15) is 4.79 Å². The fourth-order valence-corrected chi connectivity index (χ4v) is 5.29. The number of fused-ring (bicyclic) bond motifs is 2. The number of amides is 1. The first kappa shape index (κ1) is 19.4. The van der Waals surface area contributed by atoms with Crippen LogP contribution >= 0.6 is 11.3 Å². The smallest absolute Gasteiger partial charge is 0.222 e. The summed E-state index contributed by atoms with van der Waals surface area (Å²) in [5, 5.41) is 14.4. The Bertz CT molecular complexity index is 1030. The number of rotatable bonds is 6. The molecule has 7 nitrogen and oxygen atoms in total. The molecule has 0 atom stereocenters. The molecule has 3 aromatic rings. The van der Waals surface area contributed by atoms with Gasteiger partial charge in [0, 0.05) is 44.0 Å². The molecule has 4 heterocycles. The van der Waals surface area contributed by atoms with Crippen LogP contribution in [-0.2, 0) is 43.8 Å². The van der Waals surface area contributed by atoms with Crippen LogP contribution in [-0.4, -0.2) is 49.0 Å². The van der Waals surface area contributed by atoms with Crippen molar-refractivity contribution in [3.05, 3.63) is 63.1 Å². The lowest BCUT2D eigenvalue weighted by atomic mass is 10.00. The summed E-state index contributed by atoms with van der Waals surface area (Å²) >= 11 is 1.80. The van der Waals surface area contributed by atoms with E-state index in [1.807, 2.05) is 9.58 Å². The van der Waals surface area contributed by atoms with Crippen molar-refractivity contribution in [3.8, 4) is 0 Å². The molecule has 8 heteroatoms. The molecule has 1 amide bonds. The van der Waals surface area contributed by atoms with E-state index in [2.05, 4.69) is 56.1 Å². The maximum atomic E-state index is 12.6. The van der Waals surface area contributed by atoms with Crippen LogP contribution in [0.5, 0.6) is 0 Å². The Labute approximate surface area is 180 Å². The van der Waals surface area contributed by atoms with E-state index in [1.54, 1.807) is 11.3 Å². The minimum absolute atomic E-state index is 0.231. The molecule has 2 aromatic heterocycles. The summed E-state index contributed by atoms with van der Waals surface area (Å²) in [7, 11) is 0. The third-order valence-corrected chi connectivity index (χ3v) is 7.12. The first-order chi connectivity index (χ1) is 14.8. The minimum atomic E-state index is 0.231. The van der Waals surface area contributed by atoms with E-state index in [4.69, 9.17) is 0 Å². The van der Waals surface area contributed by atoms with Gasteiger partial charge in [0.2, 0.25) is 5.91 Å². The standard InChI is InChI=1S/C22H26N6OS/c29-22(27-12-8-20-19(15-27)9-13-30-20)6-3-10-28-21(23-24-25-28)16-26-11-7-17-4-1-2-5-18(17)14-26/h1-2,4-5,9,13H,3,6-8,10-12,14-16H2.